The molecule has 0 saturated carbocycles. The highest BCUT2D eigenvalue weighted by atomic mass is 32.1. The third-order valence-corrected chi connectivity index (χ3v) is 4.70. The lowest BCUT2D eigenvalue weighted by Crippen LogP contribution is -1.90. The van der Waals surface area contributed by atoms with Gasteiger partial charge in [-0.15, -0.1) is 0 Å². The van der Waals surface area contributed by atoms with Crippen molar-refractivity contribution in [2.75, 3.05) is 0 Å². The molecule has 0 aliphatic heterocycles. The van der Waals surface area contributed by atoms with E-state index in [-0.39, 0.29) is 0 Å². The highest BCUT2D eigenvalue weighted by Gasteiger charge is 2.13. The summed E-state index contributed by atoms with van der Waals surface area (Å²) < 4.78 is 0. The average Bonchev–Trinajstić information content (AvgIpc) is 3.29. The lowest BCUT2D eigenvalue weighted by molar-refractivity contribution is 1.52. The average molecular weight is 312 g/mol. The molecule has 0 saturated heterocycles. The Morgan fingerprint density at radius 3 is 1.91 bits per heavy atom. The molecule has 1 aliphatic rings. The highest BCUT2D eigenvalue weighted by Crippen LogP contribution is 2.34. The summed E-state index contributed by atoms with van der Waals surface area (Å²) >= 11 is 1.74. The molecular weight excluding hydrogens is 296 g/mol. The van der Waals surface area contributed by atoms with Crippen LogP contribution in [0.1, 0.15) is 16.7 Å². The van der Waals surface area contributed by atoms with Crippen LogP contribution in [0.5, 0.6) is 0 Å². The largest absolute Gasteiger partial charge is 0.152 e. The van der Waals surface area contributed by atoms with E-state index in [2.05, 4.69) is 95.7 Å². The van der Waals surface area contributed by atoms with Gasteiger partial charge >= 0.3 is 0 Å². The smallest absolute Gasteiger partial charge is 0.00147 e. The molecular formula is C22H16S. The second-order valence-electron chi connectivity index (χ2n) is 5.51. The number of hydrogen-bond donors (Lipinski definition) is 0. The molecule has 0 nitrogen and oxygen atoms in total. The Morgan fingerprint density at radius 1 is 0.696 bits per heavy atom. The first-order valence-electron chi connectivity index (χ1n) is 7.69. The molecule has 0 bridgehead atoms. The highest BCUT2D eigenvalue weighted by molar-refractivity contribution is 7.08. The minimum absolute atomic E-state index is 1.25. The van der Waals surface area contributed by atoms with Crippen LogP contribution in [0.3, 0.4) is 0 Å². The van der Waals surface area contributed by atoms with E-state index in [1.165, 1.54) is 33.4 Å². The summed E-state index contributed by atoms with van der Waals surface area (Å²) in [6, 6.07) is 23.4. The zero-order chi connectivity index (χ0) is 15.5. The molecule has 1 heteroatoms. The lowest BCUT2D eigenvalue weighted by atomic mass is 9.93. The fourth-order valence-corrected chi connectivity index (χ4v) is 3.58. The van der Waals surface area contributed by atoms with Crippen LogP contribution in [-0.2, 0) is 0 Å². The summed E-state index contributed by atoms with van der Waals surface area (Å²) in [6.45, 7) is 0. The number of thiophene rings is 1. The first-order chi connectivity index (χ1) is 11.4. The van der Waals surface area contributed by atoms with E-state index in [0.29, 0.717) is 0 Å². The van der Waals surface area contributed by atoms with Crippen LogP contribution in [-0.4, -0.2) is 0 Å². The molecule has 0 radical (unpaired) electrons. The van der Waals surface area contributed by atoms with Gasteiger partial charge in [0.25, 0.3) is 0 Å². The van der Waals surface area contributed by atoms with Gasteiger partial charge in [-0.2, -0.15) is 11.3 Å². The van der Waals surface area contributed by atoms with Crippen molar-refractivity contribution in [3.8, 4) is 0 Å². The Kier molecular flexibility index (Phi) is 3.79. The van der Waals surface area contributed by atoms with Gasteiger partial charge in [-0.25, -0.2) is 0 Å². The third-order valence-electron chi connectivity index (χ3n) is 4.02. The van der Waals surface area contributed by atoms with Crippen LogP contribution in [0, 0.1) is 0 Å². The van der Waals surface area contributed by atoms with E-state index in [1.54, 1.807) is 11.3 Å². The molecule has 0 amide bonds. The summed E-state index contributed by atoms with van der Waals surface area (Å²) in [5.74, 6) is 0. The zero-order valence-electron chi connectivity index (χ0n) is 12.6. The molecule has 1 aliphatic carbocycles. The summed E-state index contributed by atoms with van der Waals surface area (Å²) in [5, 5.41) is 4.32. The summed E-state index contributed by atoms with van der Waals surface area (Å²) in [7, 11) is 0. The van der Waals surface area contributed by atoms with Crippen molar-refractivity contribution in [3.05, 3.63) is 118 Å². The van der Waals surface area contributed by atoms with E-state index in [0.717, 1.165) is 0 Å². The third kappa shape index (κ3) is 2.84. The predicted molar refractivity (Wildman–Crippen MR) is 100 cm³/mol. The van der Waals surface area contributed by atoms with Crippen LogP contribution < -0.4 is 0 Å². The number of hydrogen-bond acceptors (Lipinski definition) is 1. The van der Waals surface area contributed by atoms with Crippen molar-refractivity contribution in [3.63, 3.8) is 0 Å². The SMILES string of the molecule is C1=CC(=C(c2ccccc2)c2ccccc2)C=C1c1ccsc1. The Hall–Kier alpha value is -2.64. The molecule has 110 valence electrons. The van der Waals surface area contributed by atoms with Crippen LogP contribution in [0.4, 0.5) is 0 Å². The van der Waals surface area contributed by atoms with Gasteiger partial charge in [-0.3, -0.25) is 0 Å². The van der Waals surface area contributed by atoms with Crippen LogP contribution >= 0.6 is 11.3 Å². The van der Waals surface area contributed by atoms with Crippen molar-refractivity contribution in [2.45, 2.75) is 0 Å². The first kappa shape index (κ1) is 14.0. The van der Waals surface area contributed by atoms with Crippen molar-refractivity contribution < 1.29 is 0 Å². The van der Waals surface area contributed by atoms with E-state index in [9.17, 15) is 0 Å². The van der Waals surface area contributed by atoms with Gasteiger partial charge in [0, 0.05) is 0 Å². The van der Waals surface area contributed by atoms with E-state index in [1.807, 2.05) is 0 Å². The predicted octanol–water partition coefficient (Wildman–Crippen LogP) is 6.20. The van der Waals surface area contributed by atoms with Crippen molar-refractivity contribution >= 4 is 22.5 Å². The summed E-state index contributed by atoms with van der Waals surface area (Å²) in [6.07, 6.45) is 6.73. The monoisotopic (exact) mass is 312 g/mol. The van der Waals surface area contributed by atoms with Gasteiger partial charge in [-0.1, -0.05) is 72.8 Å². The minimum atomic E-state index is 1.25. The van der Waals surface area contributed by atoms with Gasteiger partial charge in [0.05, 0.1) is 0 Å². The Morgan fingerprint density at radius 2 is 1.35 bits per heavy atom. The summed E-state index contributed by atoms with van der Waals surface area (Å²) in [5.41, 5.74) is 7.63. The van der Waals surface area contributed by atoms with E-state index in [4.69, 9.17) is 0 Å². The molecule has 0 spiro atoms. The number of benzene rings is 2. The standard InChI is InChI=1S/C22H16S/c1-3-7-17(8-4-1)22(18-9-5-2-6-10-18)20-12-11-19(15-20)21-13-14-23-16-21/h1-16H. The quantitative estimate of drug-likeness (QED) is 0.540. The molecule has 1 aromatic heterocycles. The minimum Gasteiger partial charge on any atom is -0.152 e. The lowest BCUT2D eigenvalue weighted by Gasteiger charge is -2.11. The zero-order valence-corrected chi connectivity index (χ0v) is 13.5. The Labute approximate surface area is 140 Å². The topological polar surface area (TPSA) is 0 Å². The van der Waals surface area contributed by atoms with Gasteiger partial charge in [0.1, 0.15) is 0 Å². The normalized spacial score (nSPS) is 13.2. The van der Waals surface area contributed by atoms with Gasteiger partial charge in [0.15, 0.2) is 0 Å². The molecule has 0 unspecified atom stereocenters. The molecule has 0 N–H and O–H groups in total. The van der Waals surface area contributed by atoms with Gasteiger partial charge < -0.3 is 0 Å². The fourth-order valence-electron chi connectivity index (χ4n) is 2.92. The van der Waals surface area contributed by atoms with Gasteiger partial charge in [-0.05, 0) is 56.3 Å². The van der Waals surface area contributed by atoms with Crippen molar-refractivity contribution in [2.24, 2.45) is 0 Å². The maximum atomic E-state index is 2.29. The maximum Gasteiger partial charge on any atom is -0.00147 e. The number of rotatable bonds is 3. The number of allylic oxidation sites excluding steroid dienone is 5. The molecule has 2 aromatic carbocycles. The Bertz CT molecular complexity index is 838. The first-order valence-corrected chi connectivity index (χ1v) is 8.63. The summed E-state index contributed by atoms with van der Waals surface area (Å²) in [4.78, 5) is 0. The fraction of sp³-hybridized carbons (Fsp3) is 0. The second-order valence-corrected chi connectivity index (χ2v) is 6.29. The molecule has 3 aromatic rings. The van der Waals surface area contributed by atoms with Crippen molar-refractivity contribution in [1.29, 1.82) is 0 Å². The van der Waals surface area contributed by atoms with E-state index >= 15 is 0 Å². The van der Waals surface area contributed by atoms with Crippen LogP contribution in [0.15, 0.2) is 101 Å². The molecule has 23 heavy (non-hydrogen) atoms. The van der Waals surface area contributed by atoms with Crippen LogP contribution in [0.25, 0.3) is 11.1 Å². The van der Waals surface area contributed by atoms with Gasteiger partial charge in [0.2, 0.25) is 0 Å². The van der Waals surface area contributed by atoms with E-state index < -0.39 is 0 Å². The molecule has 1 heterocycles. The van der Waals surface area contributed by atoms with Crippen molar-refractivity contribution in [1.82, 2.24) is 0 Å². The molecule has 0 atom stereocenters. The maximum absolute atomic E-state index is 2.29. The Balaban J connectivity index is 1.88. The van der Waals surface area contributed by atoms with Crippen LogP contribution in [0.2, 0.25) is 0 Å². The molecule has 4 rings (SSSR count). The second kappa shape index (κ2) is 6.23. The molecule has 0 fully saturated rings.